The average Bonchev–Trinajstić information content (AvgIpc) is 2.64. The number of allylic oxidation sites excluding steroid dienone is 1. The van der Waals surface area contributed by atoms with Crippen molar-refractivity contribution < 1.29 is 5.11 Å². The molecule has 0 aromatic carbocycles. The summed E-state index contributed by atoms with van der Waals surface area (Å²) in [5.74, 6) is 0. The number of aromatic nitrogens is 1. The average molecular weight is 225 g/mol. The molecule has 15 heavy (non-hydrogen) atoms. The van der Waals surface area contributed by atoms with Crippen LogP contribution >= 0.6 is 11.3 Å². The third-order valence-electron chi connectivity index (χ3n) is 2.36. The lowest BCUT2D eigenvalue weighted by molar-refractivity contribution is 0.159. The zero-order valence-corrected chi connectivity index (χ0v) is 10.1. The van der Waals surface area contributed by atoms with Gasteiger partial charge in [0.25, 0.3) is 0 Å². The van der Waals surface area contributed by atoms with Crippen LogP contribution in [0.5, 0.6) is 0 Å². The molecular weight excluding hydrogens is 206 g/mol. The van der Waals surface area contributed by atoms with Gasteiger partial charge in [-0.15, -0.1) is 17.9 Å². The maximum atomic E-state index is 9.81. The lowest BCUT2D eigenvalue weighted by atomic mass is 10.1. The normalized spacial score (nSPS) is 12.7. The van der Waals surface area contributed by atoms with Crippen molar-refractivity contribution in [2.75, 3.05) is 0 Å². The molecule has 2 nitrogen and oxygen atoms in total. The van der Waals surface area contributed by atoms with Crippen LogP contribution in [0.4, 0.5) is 0 Å². The monoisotopic (exact) mass is 225 g/mol. The number of aliphatic hydroxyl groups excluding tert-OH is 1. The van der Waals surface area contributed by atoms with Crippen molar-refractivity contribution >= 4 is 11.3 Å². The smallest absolute Gasteiger partial charge is 0.0968 e. The molecule has 1 N–H and O–H groups in total. The second-order valence-corrected chi connectivity index (χ2v) is 4.80. The summed E-state index contributed by atoms with van der Waals surface area (Å²) >= 11 is 1.60. The third kappa shape index (κ3) is 4.58. The predicted molar refractivity (Wildman–Crippen MR) is 65.1 cm³/mol. The van der Waals surface area contributed by atoms with Crippen LogP contribution in [0.15, 0.2) is 18.0 Å². The largest absolute Gasteiger partial charge is 0.387 e. The summed E-state index contributed by atoms with van der Waals surface area (Å²) in [4.78, 5) is 4.28. The Kier molecular flexibility index (Phi) is 5.58. The summed E-state index contributed by atoms with van der Waals surface area (Å²) in [6, 6.07) is 0. The fourth-order valence-corrected chi connectivity index (χ4v) is 2.14. The summed E-state index contributed by atoms with van der Waals surface area (Å²) in [6.45, 7) is 5.65. The molecule has 0 saturated carbocycles. The second-order valence-electron chi connectivity index (χ2n) is 3.73. The molecule has 1 aromatic heterocycles. The van der Waals surface area contributed by atoms with E-state index in [-0.39, 0.29) is 6.10 Å². The molecule has 1 atom stereocenters. The van der Waals surface area contributed by atoms with Crippen LogP contribution in [0.2, 0.25) is 0 Å². The minimum Gasteiger partial charge on any atom is -0.387 e. The lowest BCUT2D eigenvalue weighted by Crippen LogP contribution is -1.97. The molecular formula is C12H19NOS. The zero-order valence-electron chi connectivity index (χ0n) is 9.28. The maximum absolute atomic E-state index is 9.81. The molecule has 1 unspecified atom stereocenters. The minimum atomic E-state index is -0.376. The van der Waals surface area contributed by atoms with Crippen molar-refractivity contribution in [2.24, 2.45) is 0 Å². The Balaban J connectivity index is 2.18. The van der Waals surface area contributed by atoms with Crippen LogP contribution in [0, 0.1) is 6.92 Å². The number of hydrogen-bond acceptors (Lipinski definition) is 3. The van der Waals surface area contributed by atoms with Gasteiger partial charge in [0.1, 0.15) is 0 Å². The molecule has 0 spiro atoms. The van der Waals surface area contributed by atoms with Gasteiger partial charge in [-0.05, 0) is 26.2 Å². The van der Waals surface area contributed by atoms with Crippen molar-refractivity contribution in [1.29, 1.82) is 0 Å². The first-order valence-electron chi connectivity index (χ1n) is 5.45. The molecule has 0 aliphatic rings. The van der Waals surface area contributed by atoms with Crippen LogP contribution in [0.3, 0.4) is 0 Å². The molecule has 0 saturated heterocycles. The van der Waals surface area contributed by atoms with Gasteiger partial charge in [0.2, 0.25) is 0 Å². The Morgan fingerprint density at radius 1 is 1.53 bits per heavy atom. The Hall–Kier alpha value is -0.670. The number of hydrogen-bond donors (Lipinski definition) is 1. The van der Waals surface area contributed by atoms with Gasteiger partial charge >= 0.3 is 0 Å². The van der Waals surface area contributed by atoms with E-state index in [1.807, 2.05) is 18.4 Å². The van der Waals surface area contributed by atoms with Crippen molar-refractivity contribution in [1.82, 2.24) is 4.98 Å². The summed E-state index contributed by atoms with van der Waals surface area (Å²) in [6.07, 6.45) is 6.86. The van der Waals surface area contributed by atoms with Gasteiger partial charge < -0.3 is 5.11 Å². The van der Waals surface area contributed by atoms with Crippen LogP contribution in [0.1, 0.15) is 48.9 Å². The van der Waals surface area contributed by atoms with E-state index < -0.39 is 0 Å². The Bertz CT molecular complexity index is 296. The molecule has 3 heteroatoms. The first kappa shape index (κ1) is 12.4. The Labute approximate surface area is 95.7 Å². The fraction of sp³-hybridized carbons (Fsp3) is 0.583. The van der Waals surface area contributed by atoms with Crippen molar-refractivity contribution in [3.8, 4) is 0 Å². The molecule has 1 aromatic rings. The van der Waals surface area contributed by atoms with E-state index in [0.717, 1.165) is 36.4 Å². The van der Waals surface area contributed by atoms with Gasteiger partial charge in [0, 0.05) is 5.38 Å². The van der Waals surface area contributed by atoms with Crippen molar-refractivity contribution in [2.45, 2.75) is 45.1 Å². The number of aliphatic hydroxyl groups is 1. The topological polar surface area (TPSA) is 33.1 Å². The van der Waals surface area contributed by atoms with Gasteiger partial charge in [-0.3, -0.25) is 0 Å². The second kappa shape index (κ2) is 6.75. The maximum Gasteiger partial charge on any atom is 0.0968 e. The van der Waals surface area contributed by atoms with Gasteiger partial charge in [-0.1, -0.05) is 18.9 Å². The quantitative estimate of drug-likeness (QED) is 0.568. The Morgan fingerprint density at radius 2 is 2.33 bits per heavy atom. The van der Waals surface area contributed by atoms with Crippen LogP contribution in [-0.4, -0.2) is 10.1 Å². The number of nitrogens with zero attached hydrogens (tertiary/aromatic N) is 1. The van der Waals surface area contributed by atoms with E-state index in [4.69, 9.17) is 0 Å². The highest BCUT2D eigenvalue weighted by molar-refractivity contribution is 7.09. The highest BCUT2D eigenvalue weighted by Gasteiger charge is 2.09. The van der Waals surface area contributed by atoms with E-state index in [9.17, 15) is 5.11 Å². The molecule has 84 valence electrons. The van der Waals surface area contributed by atoms with E-state index in [2.05, 4.69) is 11.6 Å². The first-order valence-corrected chi connectivity index (χ1v) is 6.33. The van der Waals surface area contributed by atoms with E-state index >= 15 is 0 Å². The van der Waals surface area contributed by atoms with Crippen LogP contribution < -0.4 is 0 Å². The van der Waals surface area contributed by atoms with Gasteiger partial charge in [0.15, 0.2) is 0 Å². The molecule has 0 aliphatic carbocycles. The number of aryl methyl sites for hydroxylation is 1. The molecule has 1 rings (SSSR count). The molecule has 0 aliphatic heterocycles. The van der Waals surface area contributed by atoms with Crippen LogP contribution in [-0.2, 0) is 0 Å². The number of thiazole rings is 1. The fourth-order valence-electron chi connectivity index (χ4n) is 1.48. The van der Waals surface area contributed by atoms with Gasteiger partial charge in [0.05, 0.1) is 16.8 Å². The summed E-state index contributed by atoms with van der Waals surface area (Å²) < 4.78 is 0. The molecule has 0 bridgehead atoms. The minimum absolute atomic E-state index is 0.376. The summed E-state index contributed by atoms with van der Waals surface area (Å²) in [5.41, 5.74) is 0.834. The summed E-state index contributed by atoms with van der Waals surface area (Å²) in [7, 11) is 0. The van der Waals surface area contributed by atoms with E-state index in [0.29, 0.717) is 0 Å². The molecule has 1 heterocycles. The molecule has 0 radical (unpaired) electrons. The highest BCUT2D eigenvalue weighted by Crippen LogP contribution is 2.21. The van der Waals surface area contributed by atoms with Crippen molar-refractivity contribution in [3.63, 3.8) is 0 Å². The van der Waals surface area contributed by atoms with E-state index in [1.165, 1.54) is 6.42 Å². The number of rotatable bonds is 7. The van der Waals surface area contributed by atoms with Gasteiger partial charge in [-0.2, -0.15) is 0 Å². The zero-order chi connectivity index (χ0) is 11.1. The summed E-state index contributed by atoms with van der Waals surface area (Å²) in [5, 5.41) is 12.8. The van der Waals surface area contributed by atoms with E-state index in [1.54, 1.807) is 11.3 Å². The third-order valence-corrected chi connectivity index (χ3v) is 3.16. The number of unbranched alkanes of at least 4 members (excludes halogenated alkanes) is 3. The van der Waals surface area contributed by atoms with Gasteiger partial charge in [-0.25, -0.2) is 4.98 Å². The molecule has 0 fully saturated rings. The standard InChI is InChI=1S/C12H19NOS/c1-3-4-5-6-7-8-12(14)11-9-15-10(2)13-11/h3,9,12,14H,1,4-8H2,2H3. The highest BCUT2D eigenvalue weighted by atomic mass is 32.1. The Morgan fingerprint density at radius 3 is 2.93 bits per heavy atom. The first-order chi connectivity index (χ1) is 7.24. The predicted octanol–water partition coefficient (Wildman–Crippen LogP) is 3.62. The lowest BCUT2D eigenvalue weighted by Gasteiger charge is -2.06. The SMILES string of the molecule is C=CCCCCCC(O)c1csc(C)n1. The van der Waals surface area contributed by atoms with Crippen molar-refractivity contribution in [3.05, 3.63) is 28.7 Å². The van der Waals surface area contributed by atoms with Crippen LogP contribution in [0.25, 0.3) is 0 Å². The molecule has 0 amide bonds.